The molecule has 1 atom stereocenters. The highest BCUT2D eigenvalue weighted by Crippen LogP contribution is 2.21. The lowest BCUT2D eigenvalue weighted by molar-refractivity contribution is -0.128. The molecule has 0 saturated heterocycles. The van der Waals surface area contributed by atoms with Crippen molar-refractivity contribution in [3.63, 3.8) is 0 Å². The monoisotopic (exact) mass is 286 g/mol. The summed E-state index contributed by atoms with van der Waals surface area (Å²) in [4.78, 5) is 12.7. The first-order valence-corrected chi connectivity index (χ1v) is 7.34. The van der Waals surface area contributed by atoms with E-state index in [9.17, 15) is 10.1 Å². The molecule has 3 nitrogen and oxygen atoms in total. The van der Waals surface area contributed by atoms with Crippen LogP contribution in [0.3, 0.4) is 0 Å². The van der Waals surface area contributed by atoms with E-state index >= 15 is 0 Å². The highest BCUT2D eigenvalue weighted by molar-refractivity contribution is 5.89. The van der Waals surface area contributed by atoms with Crippen LogP contribution in [0.15, 0.2) is 24.3 Å². The van der Waals surface area contributed by atoms with Crippen molar-refractivity contribution in [2.24, 2.45) is 5.41 Å². The fraction of sp³-hybridized carbons (Fsp3) is 0.556. The van der Waals surface area contributed by atoms with E-state index in [0.717, 1.165) is 5.56 Å². The summed E-state index contributed by atoms with van der Waals surface area (Å²) in [6, 6.07) is 9.39. The normalized spacial score (nSPS) is 13.6. The largest absolute Gasteiger partial charge is 0.302 e. The number of nitriles is 1. The van der Waals surface area contributed by atoms with Crippen molar-refractivity contribution in [2.45, 2.75) is 59.5 Å². The molecule has 114 valence electrons. The summed E-state index contributed by atoms with van der Waals surface area (Å²) in [5.74, 6) is 0.171. The second-order valence-corrected chi connectivity index (χ2v) is 7.53. The molecular formula is C18H26N2O. The minimum absolute atomic E-state index is 0.160. The van der Waals surface area contributed by atoms with Gasteiger partial charge < -0.3 is 5.32 Å². The van der Waals surface area contributed by atoms with Crippen molar-refractivity contribution in [1.29, 1.82) is 5.26 Å². The zero-order chi connectivity index (χ0) is 16.3. The van der Waals surface area contributed by atoms with Gasteiger partial charge in [0.15, 0.2) is 5.78 Å². The third-order valence-corrected chi connectivity index (χ3v) is 3.22. The van der Waals surface area contributed by atoms with Gasteiger partial charge in [-0.3, -0.25) is 4.79 Å². The van der Waals surface area contributed by atoms with E-state index in [2.05, 4.69) is 11.4 Å². The number of carbonyl (C=O) groups excluding carboxylic acids is 1. The fourth-order valence-electron chi connectivity index (χ4n) is 2.28. The van der Waals surface area contributed by atoms with Crippen molar-refractivity contribution in [3.8, 4) is 6.07 Å². The maximum atomic E-state index is 12.7. The molecule has 0 aliphatic heterocycles. The summed E-state index contributed by atoms with van der Waals surface area (Å²) in [7, 11) is 0. The minimum atomic E-state index is -0.412. The highest BCUT2D eigenvalue weighted by atomic mass is 16.1. The third kappa shape index (κ3) is 5.32. The van der Waals surface area contributed by atoms with Gasteiger partial charge in [0, 0.05) is 11.0 Å². The van der Waals surface area contributed by atoms with Gasteiger partial charge in [-0.2, -0.15) is 5.26 Å². The summed E-state index contributed by atoms with van der Waals surface area (Å²) in [6.07, 6.45) is 0.539. The second-order valence-electron chi connectivity index (χ2n) is 7.53. The van der Waals surface area contributed by atoms with Gasteiger partial charge in [-0.1, -0.05) is 39.0 Å². The Hall–Kier alpha value is -1.66. The van der Waals surface area contributed by atoms with E-state index < -0.39 is 5.41 Å². The molecule has 0 aliphatic rings. The zero-order valence-electron chi connectivity index (χ0n) is 13.9. The van der Waals surface area contributed by atoms with E-state index in [1.165, 1.54) is 0 Å². The number of ketones is 1. The van der Waals surface area contributed by atoms with E-state index in [4.69, 9.17) is 0 Å². The molecule has 0 saturated carbocycles. The van der Waals surface area contributed by atoms with Crippen LogP contribution in [0.1, 0.15) is 52.7 Å². The average Bonchev–Trinajstić information content (AvgIpc) is 2.35. The lowest BCUT2D eigenvalue weighted by Gasteiger charge is -2.32. The van der Waals surface area contributed by atoms with Gasteiger partial charge >= 0.3 is 0 Å². The van der Waals surface area contributed by atoms with E-state index in [1.807, 2.05) is 59.7 Å². The second kappa shape index (κ2) is 6.41. The lowest BCUT2D eigenvalue weighted by Crippen LogP contribution is -2.52. The van der Waals surface area contributed by atoms with E-state index in [-0.39, 0.29) is 17.4 Å². The Balaban J connectivity index is 3.09. The van der Waals surface area contributed by atoms with Crippen molar-refractivity contribution in [1.82, 2.24) is 5.32 Å². The van der Waals surface area contributed by atoms with Crippen LogP contribution in [-0.4, -0.2) is 17.4 Å². The van der Waals surface area contributed by atoms with Gasteiger partial charge in [0.25, 0.3) is 0 Å². The summed E-state index contributed by atoms with van der Waals surface area (Å²) in [5.41, 5.74) is 0.983. The molecule has 1 N–H and O–H groups in total. The average molecular weight is 286 g/mol. The molecule has 1 aromatic carbocycles. The maximum absolute atomic E-state index is 12.7. The van der Waals surface area contributed by atoms with Gasteiger partial charge in [0.1, 0.15) is 0 Å². The Kier molecular flexibility index (Phi) is 5.31. The number of hydrogen-bond acceptors (Lipinski definition) is 3. The Morgan fingerprint density at radius 2 is 1.76 bits per heavy atom. The molecule has 0 amide bonds. The lowest BCUT2D eigenvalue weighted by atomic mass is 9.83. The summed E-state index contributed by atoms with van der Waals surface area (Å²) >= 11 is 0. The minimum Gasteiger partial charge on any atom is -0.302 e. The van der Waals surface area contributed by atoms with Gasteiger partial charge in [0.2, 0.25) is 0 Å². The van der Waals surface area contributed by atoms with Crippen LogP contribution in [0, 0.1) is 16.7 Å². The topological polar surface area (TPSA) is 52.9 Å². The summed E-state index contributed by atoms with van der Waals surface area (Å²) < 4.78 is 0. The number of rotatable bonds is 4. The van der Waals surface area contributed by atoms with Crippen LogP contribution in [0.4, 0.5) is 0 Å². The summed E-state index contributed by atoms with van der Waals surface area (Å²) in [6.45, 7) is 11.9. The summed E-state index contributed by atoms with van der Waals surface area (Å²) in [5, 5.41) is 12.6. The Morgan fingerprint density at radius 1 is 1.19 bits per heavy atom. The van der Waals surface area contributed by atoms with Crippen LogP contribution in [-0.2, 0) is 11.2 Å². The molecule has 0 unspecified atom stereocenters. The number of hydrogen-bond donors (Lipinski definition) is 1. The molecule has 0 fully saturated rings. The first kappa shape index (κ1) is 17.4. The van der Waals surface area contributed by atoms with Crippen molar-refractivity contribution >= 4 is 5.78 Å². The number of Topliss-reactive ketones (excluding diaryl/α,β-unsaturated/α-hetero) is 1. The molecule has 0 heterocycles. The molecule has 0 bridgehead atoms. The zero-order valence-corrected chi connectivity index (χ0v) is 13.9. The van der Waals surface area contributed by atoms with Crippen molar-refractivity contribution in [2.75, 3.05) is 0 Å². The van der Waals surface area contributed by atoms with Gasteiger partial charge in [-0.25, -0.2) is 0 Å². The van der Waals surface area contributed by atoms with Gasteiger partial charge in [0.05, 0.1) is 17.7 Å². The first-order chi connectivity index (χ1) is 9.54. The maximum Gasteiger partial charge on any atom is 0.155 e. The van der Waals surface area contributed by atoms with Crippen LogP contribution < -0.4 is 5.32 Å². The number of carbonyl (C=O) groups is 1. The smallest absolute Gasteiger partial charge is 0.155 e. The molecule has 0 radical (unpaired) electrons. The van der Waals surface area contributed by atoms with E-state index in [0.29, 0.717) is 12.0 Å². The van der Waals surface area contributed by atoms with Crippen LogP contribution in [0.2, 0.25) is 0 Å². The van der Waals surface area contributed by atoms with E-state index in [1.54, 1.807) is 6.07 Å². The van der Waals surface area contributed by atoms with Crippen molar-refractivity contribution < 1.29 is 4.79 Å². The molecule has 21 heavy (non-hydrogen) atoms. The first-order valence-electron chi connectivity index (χ1n) is 7.34. The molecule has 0 spiro atoms. The molecule has 0 aliphatic carbocycles. The Bertz CT molecular complexity index is 542. The molecule has 1 rings (SSSR count). The third-order valence-electron chi connectivity index (χ3n) is 3.22. The SMILES string of the molecule is CC(C)(C)N[C@@H](Cc1ccccc1C#N)C(=O)C(C)(C)C. The fourth-order valence-corrected chi connectivity index (χ4v) is 2.28. The predicted molar refractivity (Wildman–Crippen MR) is 86.0 cm³/mol. The number of nitrogens with one attached hydrogen (secondary N) is 1. The Morgan fingerprint density at radius 3 is 2.24 bits per heavy atom. The van der Waals surface area contributed by atoms with Gasteiger partial charge in [-0.15, -0.1) is 0 Å². The van der Waals surface area contributed by atoms with Crippen LogP contribution in [0.5, 0.6) is 0 Å². The number of nitrogens with zero attached hydrogens (tertiary/aromatic N) is 1. The number of benzene rings is 1. The standard InChI is InChI=1S/C18H26N2O/c1-17(2,3)16(21)15(20-18(4,5)6)11-13-9-7-8-10-14(13)12-19/h7-10,15,20H,11H2,1-6H3/t15-/m0/s1. The molecule has 3 heteroatoms. The van der Waals surface area contributed by atoms with Crippen LogP contribution in [0.25, 0.3) is 0 Å². The van der Waals surface area contributed by atoms with Crippen molar-refractivity contribution in [3.05, 3.63) is 35.4 Å². The quantitative estimate of drug-likeness (QED) is 0.922. The highest BCUT2D eigenvalue weighted by Gasteiger charge is 2.32. The molecule has 1 aromatic rings. The predicted octanol–water partition coefficient (Wildman–Crippen LogP) is 3.47. The molecule has 0 aromatic heterocycles. The Labute approximate surface area is 128 Å². The van der Waals surface area contributed by atoms with Gasteiger partial charge in [-0.05, 0) is 38.8 Å². The molecular weight excluding hydrogens is 260 g/mol. The van der Waals surface area contributed by atoms with Crippen LogP contribution >= 0.6 is 0 Å².